The number of sulfone groups is 1. The van der Waals surface area contributed by atoms with E-state index in [1.165, 1.54) is 12.1 Å². The van der Waals surface area contributed by atoms with Gasteiger partial charge in [0.05, 0.1) is 9.64 Å². The molecule has 0 saturated heterocycles. The Kier molecular flexibility index (Phi) is 3.67. The molecule has 90 valence electrons. The molecule has 0 aliphatic heterocycles. The number of hydrogen-bond donors (Lipinski definition) is 1. The summed E-state index contributed by atoms with van der Waals surface area (Å²) in [7, 11) is -3.44. The molecule has 0 radical (unpaired) electrons. The van der Waals surface area contributed by atoms with E-state index in [0.717, 1.165) is 0 Å². The van der Waals surface area contributed by atoms with Crippen LogP contribution in [-0.2, 0) is 9.84 Å². The second-order valence-corrected chi connectivity index (χ2v) is 7.32. The minimum absolute atomic E-state index is 0.249. The number of rotatable bonds is 3. The van der Waals surface area contributed by atoms with Gasteiger partial charge in [0.2, 0.25) is 0 Å². The normalized spacial score (nSPS) is 14.8. The Bertz CT molecular complexity index is 463. The molecular weight excluding hydrogens is 246 g/mol. The van der Waals surface area contributed by atoms with Crippen LogP contribution in [0.25, 0.3) is 0 Å². The highest BCUT2D eigenvalue weighted by molar-refractivity contribution is 7.92. The van der Waals surface area contributed by atoms with Crippen LogP contribution in [0.2, 0.25) is 5.02 Å². The van der Waals surface area contributed by atoms with Crippen LogP contribution in [0, 0.1) is 0 Å². The van der Waals surface area contributed by atoms with Crippen molar-refractivity contribution >= 4 is 21.4 Å². The molecule has 1 rings (SSSR count). The molecule has 0 spiro atoms. The number of benzene rings is 1. The lowest BCUT2D eigenvalue weighted by Gasteiger charge is -2.28. The van der Waals surface area contributed by atoms with Crippen molar-refractivity contribution < 1.29 is 8.42 Å². The van der Waals surface area contributed by atoms with E-state index in [9.17, 15) is 8.42 Å². The summed E-state index contributed by atoms with van der Waals surface area (Å²) in [5.41, 5.74) is 5.72. The van der Waals surface area contributed by atoms with E-state index >= 15 is 0 Å². The van der Waals surface area contributed by atoms with Gasteiger partial charge in [0.25, 0.3) is 0 Å². The monoisotopic (exact) mass is 261 g/mol. The molecule has 3 nitrogen and oxygen atoms in total. The summed E-state index contributed by atoms with van der Waals surface area (Å²) < 4.78 is 23.6. The van der Waals surface area contributed by atoms with Crippen molar-refractivity contribution in [1.82, 2.24) is 0 Å². The fourth-order valence-electron chi connectivity index (χ4n) is 1.16. The molecule has 1 unspecified atom stereocenters. The Balaban J connectivity index is 3.27. The van der Waals surface area contributed by atoms with E-state index in [2.05, 4.69) is 0 Å². The maximum Gasteiger partial charge on any atom is 0.185 e. The first-order valence-corrected chi connectivity index (χ1v) is 6.81. The first kappa shape index (κ1) is 13.5. The van der Waals surface area contributed by atoms with Crippen molar-refractivity contribution in [3.63, 3.8) is 0 Å². The third-order valence-electron chi connectivity index (χ3n) is 2.91. The summed E-state index contributed by atoms with van der Waals surface area (Å²) in [6.07, 6.45) is 0. The lowest BCUT2D eigenvalue weighted by atomic mass is 10.1. The molecule has 16 heavy (non-hydrogen) atoms. The van der Waals surface area contributed by atoms with Gasteiger partial charge >= 0.3 is 0 Å². The van der Waals surface area contributed by atoms with Crippen LogP contribution < -0.4 is 5.73 Å². The Morgan fingerprint density at radius 1 is 1.25 bits per heavy atom. The molecule has 0 amide bonds. The Morgan fingerprint density at radius 2 is 1.69 bits per heavy atom. The van der Waals surface area contributed by atoms with Crippen LogP contribution in [0.15, 0.2) is 29.2 Å². The van der Waals surface area contributed by atoms with Gasteiger partial charge in [-0.2, -0.15) is 0 Å². The molecule has 2 N–H and O–H groups in total. The first-order chi connectivity index (χ1) is 7.19. The number of nitrogens with two attached hydrogens (primary N) is 1. The molecule has 0 aliphatic carbocycles. The molecule has 0 heterocycles. The molecule has 0 bridgehead atoms. The molecule has 1 aromatic rings. The summed E-state index contributed by atoms with van der Waals surface area (Å²) in [6, 6.07) is 5.68. The smallest absolute Gasteiger partial charge is 0.185 e. The topological polar surface area (TPSA) is 60.2 Å². The lowest BCUT2D eigenvalue weighted by Crippen LogP contribution is -2.47. The standard InChI is InChI=1S/C11H16ClNO2S/c1-8(13)11(2,3)16(14,15)10-6-4-9(12)5-7-10/h4-8H,13H2,1-3H3. The van der Waals surface area contributed by atoms with E-state index in [1.807, 2.05) is 0 Å². The Labute approximate surface area is 102 Å². The third-order valence-corrected chi connectivity index (χ3v) is 5.81. The summed E-state index contributed by atoms with van der Waals surface area (Å²) in [5, 5.41) is 0.512. The second-order valence-electron chi connectivity index (χ2n) is 4.35. The fraction of sp³-hybridized carbons (Fsp3) is 0.455. The molecule has 1 atom stereocenters. The Morgan fingerprint density at radius 3 is 2.06 bits per heavy atom. The van der Waals surface area contributed by atoms with Gasteiger partial charge in [-0.05, 0) is 45.0 Å². The predicted molar refractivity (Wildman–Crippen MR) is 66.4 cm³/mol. The zero-order valence-corrected chi connectivity index (χ0v) is 11.1. The summed E-state index contributed by atoms with van der Waals surface area (Å²) in [4.78, 5) is 0.249. The van der Waals surface area contributed by atoms with Crippen molar-refractivity contribution in [2.24, 2.45) is 5.73 Å². The summed E-state index contributed by atoms with van der Waals surface area (Å²) >= 11 is 5.72. The van der Waals surface area contributed by atoms with Gasteiger partial charge in [0.1, 0.15) is 0 Å². The van der Waals surface area contributed by atoms with E-state index < -0.39 is 20.6 Å². The lowest BCUT2D eigenvalue weighted by molar-refractivity contribution is 0.501. The van der Waals surface area contributed by atoms with Gasteiger partial charge in [0.15, 0.2) is 9.84 Å². The first-order valence-electron chi connectivity index (χ1n) is 4.95. The molecule has 0 aliphatic rings. The van der Waals surface area contributed by atoms with Crippen molar-refractivity contribution in [3.05, 3.63) is 29.3 Å². The molecule has 5 heteroatoms. The van der Waals surface area contributed by atoms with Gasteiger partial charge < -0.3 is 5.73 Å². The number of hydrogen-bond acceptors (Lipinski definition) is 3. The van der Waals surface area contributed by atoms with E-state index in [4.69, 9.17) is 17.3 Å². The largest absolute Gasteiger partial charge is 0.327 e. The zero-order valence-electron chi connectivity index (χ0n) is 9.57. The van der Waals surface area contributed by atoms with Gasteiger partial charge in [-0.25, -0.2) is 8.42 Å². The van der Waals surface area contributed by atoms with Crippen LogP contribution in [0.1, 0.15) is 20.8 Å². The van der Waals surface area contributed by atoms with Crippen molar-refractivity contribution in [1.29, 1.82) is 0 Å². The van der Waals surface area contributed by atoms with Gasteiger partial charge in [-0.1, -0.05) is 11.6 Å². The molecule has 1 aromatic carbocycles. The average molecular weight is 262 g/mol. The van der Waals surface area contributed by atoms with Crippen molar-refractivity contribution in [2.45, 2.75) is 36.5 Å². The quantitative estimate of drug-likeness (QED) is 0.908. The maximum absolute atomic E-state index is 12.3. The summed E-state index contributed by atoms with van der Waals surface area (Å²) in [6.45, 7) is 4.94. The van der Waals surface area contributed by atoms with E-state index in [-0.39, 0.29) is 4.90 Å². The van der Waals surface area contributed by atoms with Gasteiger partial charge in [0, 0.05) is 11.1 Å². The third kappa shape index (κ3) is 2.24. The fourth-order valence-corrected chi connectivity index (χ4v) is 2.88. The maximum atomic E-state index is 12.3. The highest BCUT2D eigenvalue weighted by atomic mass is 35.5. The molecule has 0 aromatic heterocycles. The summed E-state index contributed by atoms with van der Waals surface area (Å²) in [5.74, 6) is 0. The zero-order chi connectivity index (χ0) is 12.6. The Hall–Kier alpha value is -0.580. The average Bonchev–Trinajstić information content (AvgIpc) is 2.17. The van der Waals surface area contributed by atoms with Crippen molar-refractivity contribution in [2.75, 3.05) is 0 Å². The molecule has 0 fully saturated rings. The second kappa shape index (κ2) is 4.35. The van der Waals surface area contributed by atoms with Gasteiger partial charge in [-0.3, -0.25) is 0 Å². The highest BCUT2D eigenvalue weighted by Gasteiger charge is 2.38. The van der Waals surface area contributed by atoms with E-state index in [1.54, 1.807) is 32.9 Å². The van der Waals surface area contributed by atoms with E-state index in [0.29, 0.717) is 5.02 Å². The predicted octanol–water partition coefficient (Wildman–Crippen LogP) is 2.24. The van der Waals surface area contributed by atoms with Gasteiger partial charge in [-0.15, -0.1) is 0 Å². The van der Waals surface area contributed by atoms with Crippen LogP contribution in [0.4, 0.5) is 0 Å². The van der Waals surface area contributed by atoms with Crippen LogP contribution >= 0.6 is 11.6 Å². The van der Waals surface area contributed by atoms with Crippen LogP contribution in [0.5, 0.6) is 0 Å². The minimum atomic E-state index is -3.44. The molecule has 0 saturated carbocycles. The van der Waals surface area contributed by atoms with Crippen molar-refractivity contribution in [3.8, 4) is 0 Å². The highest BCUT2D eigenvalue weighted by Crippen LogP contribution is 2.28. The minimum Gasteiger partial charge on any atom is -0.327 e. The number of halogens is 1. The van der Waals surface area contributed by atoms with Crippen LogP contribution in [0.3, 0.4) is 0 Å². The SMILES string of the molecule is CC(N)C(C)(C)S(=O)(=O)c1ccc(Cl)cc1. The van der Waals surface area contributed by atoms with Crippen LogP contribution in [-0.4, -0.2) is 19.2 Å². The molecular formula is C11H16ClNO2S.